The van der Waals surface area contributed by atoms with Gasteiger partial charge in [0.25, 0.3) is 5.91 Å². The molecule has 0 bridgehead atoms. The Morgan fingerprint density at radius 1 is 1.00 bits per heavy atom. The summed E-state index contributed by atoms with van der Waals surface area (Å²) in [6.07, 6.45) is 2.68. The van der Waals surface area contributed by atoms with Gasteiger partial charge in [-0.05, 0) is 18.4 Å². The van der Waals surface area contributed by atoms with Crippen molar-refractivity contribution < 1.29 is 19.1 Å². The van der Waals surface area contributed by atoms with Gasteiger partial charge in [0.05, 0.1) is 0 Å². The first-order chi connectivity index (χ1) is 13.5. The van der Waals surface area contributed by atoms with Crippen molar-refractivity contribution in [3.63, 3.8) is 0 Å². The Kier molecular flexibility index (Phi) is 9.48. The minimum atomic E-state index is -0.337. The van der Waals surface area contributed by atoms with E-state index in [2.05, 4.69) is 22.3 Å². The molecule has 0 aromatic heterocycles. The molecule has 0 saturated carbocycles. The van der Waals surface area contributed by atoms with Crippen molar-refractivity contribution in [3.05, 3.63) is 35.9 Å². The molecular formula is C21H31N3O4. The molecule has 1 N–H and O–H groups in total. The van der Waals surface area contributed by atoms with Gasteiger partial charge in [-0.15, -0.1) is 0 Å². The van der Waals surface area contributed by atoms with Crippen LogP contribution in [0.5, 0.6) is 0 Å². The molecule has 2 rings (SSSR count). The number of nitrogens with zero attached hydrogens (tertiary/aromatic N) is 2. The van der Waals surface area contributed by atoms with Crippen molar-refractivity contribution >= 4 is 17.8 Å². The number of esters is 1. The van der Waals surface area contributed by atoms with Crippen LogP contribution in [0.1, 0.15) is 38.2 Å². The van der Waals surface area contributed by atoms with Gasteiger partial charge in [0.1, 0.15) is 0 Å². The second-order valence-corrected chi connectivity index (χ2v) is 7.10. The average Bonchev–Trinajstić information content (AvgIpc) is 2.70. The van der Waals surface area contributed by atoms with E-state index in [4.69, 9.17) is 4.74 Å². The van der Waals surface area contributed by atoms with Crippen LogP contribution in [-0.4, -0.2) is 66.9 Å². The second kappa shape index (κ2) is 12.1. The van der Waals surface area contributed by atoms with Gasteiger partial charge in [-0.2, -0.15) is 0 Å². The highest BCUT2D eigenvalue weighted by atomic mass is 16.5. The maximum Gasteiger partial charge on any atom is 0.306 e. The number of amides is 2. The summed E-state index contributed by atoms with van der Waals surface area (Å²) in [6.45, 7) is 5.78. The number of carbonyl (C=O) groups excluding carboxylic acids is 3. The van der Waals surface area contributed by atoms with Gasteiger partial charge >= 0.3 is 5.97 Å². The Morgan fingerprint density at radius 3 is 2.39 bits per heavy atom. The fourth-order valence-corrected chi connectivity index (χ4v) is 3.14. The highest BCUT2D eigenvalue weighted by molar-refractivity contribution is 5.80. The molecule has 1 aliphatic rings. The van der Waals surface area contributed by atoms with Gasteiger partial charge in [-0.25, -0.2) is 0 Å². The fourth-order valence-electron chi connectivity index (χ4n) is 3.14. The van der Waals surface area contributed by atoms with Crippen LogP contribution in [0.15, 0.2) is 30.3 Å². The first-order valence-electron chi connectivity index (χ1n) is 9.98. The largest absolute Gasteiger partial charge is 0.456 e. The second-order valence-electron chi connectivity index (χ2n) is 7.10. The third kappa shape index (κ3) is 8.52. The summed E-state index contributed by atoms with van der Waals surface area (Å²) in [7, 11) is 0. The predicted molar refractivity (Wildman–Crippen MR) is 106 cm³/mol. The molecule has 0 radical (unpaired) electrons. The standard InChI is InChI=1S/C21H31N3O4/c1-18(25)22-11-7-3-6-10-21(27)28-17-20(26)24-14-12-23(13-15-24)16-19-8-4-2-5-9-19/h2,4-5,8-9H,3,6-7,10-17H2,1H3,(H,22,25). The first-order valence-corrected chi connectivity index (χ1v) is 9.98. The highest BCUT2D eigenvalue weighted by Gasteiger charge is 2.21. The minimum absolute atomic E-state index is 0.0428. The third-order valence-corrected chi connectivity index (χ3v) is 4.76. The van der Waals surface area contributed by atoms with Crippen LogP contribution in [0.2, 0.25) is 0 Å². The summed E-state index contributed by atoms with van der Waals surface area (Å²) in [5.74, 6) is -0.507. The van der Waals surface area contributed by atoms with Crippen LogP contribution >= 0.6 is 0 Å². The SMILES string of the molecule is CC(=O)NCCCCCC(=O)OCC(=O)N1CCN(Cc2ccccc2)CC1. The van der Waals surface area contributed by atoms with Crippen LogP contribution in [0.3, 0.4) is 0 Å². The lowest BCUT2D eigenvalue weighted by Crippen LogP contribution is -2.49. The zero-order valence-corrected chi connectivity index (χ0v) is 16.7. The van der Waals surface area contributed by atoms with Gasteiger partial charge in [0, 0.05) is 52.6 Å². The van der Waals surface area contributed by atoms with Crippen LogP contribution < -0.4 is 5.32 Å². The van der Waals surface area contributed by atoms with E-state index in [0.29, 0.717) is 32.5 Å². The van der Waals surface area contributed by atoms with Gasteiger partial charge < -0.3 is 15.0 Å². The molecule has 2 amide bonds. The Labute approximate surface area is 167 Å². The lowest BCUT2D eigenvalue weighted by Gasteiger charge is -2.34. The van der Waals surface area contributed by atoms with E-state index in [1.807, 2.05) is 18.2 Å². The van der Waals surface area contributed by atoms with Crippen LogP contribution in [0.4, 0.5) is 0 Å². The molecule has 0 unspecified atom stereocenters. The molecule has 1 heterocycles. The Hall–Kier alpha value is -2.41. The summed E-state index contributed by atoms with van der Waals surface area (Å²) < 4.78 is 5.11. The number of unbranched alkanes of at least 4 members (excludes halogenated alkanes) is 2. The molecule has 1 saturated heterocycles. The first kappa shape index (κ1) is 21.9. The van der Waals surface area contributed by atoms with E-state index >= 15 is 0 Å². The molecule has 0 atom stereocenters. The van der Waals surface area contributed by atoms with Gasteiger partial charge in [0.2, 0.25) is 5.91 Å². The number of piperazine rings is 1. The van der Waals surface area contributed by atoms with E-state index in [1.54, 1.807) is 4.90 Å². The predicted octanol–water partition coefficient (Wildman–Crippen LogP) is 1.57. The van der Waals surface area contributed by atoms with Gasteiger partial charge in [-0.1, -0.05) is 36.8 Å². The van der Waals surface area contributed by atoms with Crippen LogP contribution in [-0.2, 0) is 25.7 Å². The maximum absolute atomic E-state index is 12.2. The quantitative estimate of drug-likeness (QED) is 0.485. The Bertz CT molecular complexity index is 628. The van der Waals surface area contributed by atoms with Crippen molar-refractivity contribution in [2.45, 2.75) is 39.2 Å². The van der Waals surface area contributed by atoms with E-state index < -0.39 is 0 Å². The zero-order valence-electron chi connectivity index (χ0n) is 16.7. The number of hydrogen-bond donors (Lipinski definition) is 1. The molecule has 7 nitrogen and oxygen atoms in total. The number of ether oxygens (including phenoxy) is 1. The van der Waals surface area contributed by atoms with Crippen LogP contribution in [0, 0.1) is 0 Å². The minimum Gasteiger partial charge on any atom is -0.456 e. The topological polar surface area (TPSA) is 78.9 Å². The number of rotatable bonds is 10. The molecule has 1 aromatic carbocycles. The smallest absolute Gasteiger partial charge is 0.306 e. The third-order valence-electron chi connectivity index (χ3n) is 4.76. The van der Waals surface area contributed by atoms with Crippen molar-refractivity contribution in [2.75, 3.05) is 39.3 Å². The van der Waals surface area contributed by atoms with Crippen LogP contribution in [0.25, 0.3) is 0 Å². The number of nitrogens with one attached hydrogen (secondary N) is 1. The summed E-state index contributed by atoms with van der Waals surface area (Å²) in [4.78, 5) is 38.8. The molecule has 28 heavy (non-hydrogen) atoms. The number of benzene rings is 1. The van der Waals surface area contributed by atoms with Crippen molar-refractivity contribution in [3.8, 4) is 0 Å². The molecule has 0 spiro atoms. The molecule has 0 aliphatic carbocycles. The molecule has 7 heteroatoms. The normalized spacial score (nSPS) is 14.5. The zero-order chi connectivity index (χ0) is 20.2. The molecule has 1 aliphatic heterocycles. The molecule has 1 fully saturated rings. The lowest BCUT2D eigenvalue weighted by atomic mass is 10.2. The summed E-state index contributed by atoms with van der Waals surface area (Å²) in [5, 5.41) is 2.72. The number of carbonyl (C=O) groups is 3. The Morgan fingerprint density at radius 2 is 1.71 bits per heavy atom. The molecule has 154 valence electrons. The summed E-state index contributed by atoms with van der Waals surface area (Å²) in [5.41, 5.74) is 1.27. The monoisotopic (exact) mass is 389 g/mol. The van der Waals surface area contributed by atoms with Crippen molar-refractivity contribution in [1.29, 1.82) is 0 Å². The van der Waals surface area contributed by atoms with Gasteiger partial charge in [-0.3, -0.25) is 19.3 Å². The molecule has 1 aromatic rings. The lowest BCUT2D eigenvalue weighted by molar-refractivity contribution is -0.152. The summed E-state index contributed by atoms with van der Waals surface area (Å²) in [6, 6.07) is 10.3. The van der Waals surface area contributed by atoms with E-state index in [1.165, 1.54) is 12.5 Å². The fraction of sp³-hybridized carbons (Fsp3) is 0.571. The average molecular weight is 389 g/mol. The molecular weight excluding hydrogens is 358 g/mol. The van der Waals surface area contributed by atoms with E-state index in [0.717, 1.165) is 32.5 Å². The Balaban J connectivity index is 1.54. The van der Waals surface area contributed by atoms with E-state index in [9.17, 15) is 14.4 Å². The van der Waals surface area contributed by atoms with Gasteiger partial charge in [0.15, 0.2) is 6.61 Å². The summed E-state index contributed by atoms with van der Waals surface area (Å²) >= 11 is 0. The highest BCUT2D eigenvalue weighted by Crippen LogP contribution is 2.09. The van der Waals surface area contributed by atoms with Crippen molar-refractivity contribution in [1.82, 2.24) is 15.1 Å². The van der Waals surface area contributed by atoms with E-state index in [-0.39, 0.29) is 24.4 Å². The maximum atomic E-state index is 12.2. The van der Waals surface area contributed by atoms with Crippen molar-refractivity contribution in [2.24, 2.45) is 0 Å². The number of hydrogen-bond acceptors (Lipinski definition) is 5.